The van der Waals surface area contributed by atoms with Crippen LogP contribution in [0.2, 0.25) is 0 Å². The van der Waals surface area contributed by atoms with E-state index in [1.54, 1.807) is 36.2 Å². The van der Waals surface area contributed by atoms with Gasteiger partial charge in [0.2, 0.25) is 5.91 Å². The molecule has 0 aliphatic carbocycles. The van der Waals surface area contributed by atoms with E-state index in [0.717, 1.165) is 0 Å². The molecule has 1 aliphatic heterocycles. The van der Waals surface area contributed by atoms with Gasteiger partial charge in [0.15, 0.2) is 0 Å². The molecule has 104 valence electrons. The molecule has 0 spiro atoms. The average molecular weight is 271 g/mol. The van der Waals surface area contributed by atoms with Gasteiger partial charge in [-0.25, -0.2) is 0 Å². The molecular weight excluding hydrogens is 254 g/mol. The van der Waals surface area contributed by atoms with Gasteiger partial charge in [-0.2, -0.15) is 5.26 Å². The molecule has 2 rings (SSSR count). The van der Waals surface area contributed by atoms with Gasteiger partial charge in [-0.1, -0.05) is 0 Å². The molecule has 1 aromatic carbocycles. The van der Waals surface area contributed by atoms with E-state index in [9.17, 15) is 9.59 Å². The zero-order chi connectivity index (χ0) is 14.5. The summed E-state index contributed by atoms with van der Waals surface area (Å²) in [5.41, 5.74) is 1.13. The molecule has 5 heteroatoms. The van der Waals surface area contributed by atoms with Crippen LogP contribution in [0.15, 0.2) is 24.3 Å². The first-order chi connectivity index (χ1) is 9.65. The fourth-order valence-electron chi connectivity index (χ4n) is 2.42. The molecule has 1 aliphatic rings. The monoisotopic (exact) mass is 271 g/mol. The van der Waals surface area contributed by atoms with E-state index in [1.165, 1.54) is 0 Å². The van der Waals surface area contributed by atoms with Crippen molar-refractivity contribution >= 4 is 11.8 Å². The quantitative estimate of drug-likeness (QED) is 0.877. The highest BCUT2D eigenvalue weighted by molar-refractivity contribution is 5.94. The molecule has 20 heavy (non-hydrogen) atoms. The van der Waals surface area contributed by atoms with Crippen molar-refractivity contribution in [2.75, 3.05) is 20.1 Å². The number of rotatable bonds is 2. The molecule has 1 N–H and O–H groups in total. The van der Waals surface area contributed by atoms with Gasteiger partial charge in [-0.3, -0.25) is 9.59 Å². The smallest absolute Gasteiger partial charge is 0.253 e. The molecule has 2 amide bonds. The maximum absolute atomic E-state index is 12.3. The fourth-order valence-corrected chi connectivity index (χ4v) is 2.42. The van der Waals surface area contributed by atoms with Gasteiger partial charge in [0, 0.05) is 31.6 Å². The molecule has 1 saturated heterocycles. The second-order valence-electron chi connectivity index (χ2n) is 4.87. The zero-order valence-corrected chi connectivity index (χ0v) is 11.4. The van der Waals surface area contributed by atoms with E-state index < -0.39 is 0 Å². The van der Waals surface area contributed by atoms with Crippen LogP contribution in [0.25, 0.3) is 0 Å². The highest BCUT2D eigenvalue weighted by Crippen LogP contribution is 2.19. The van der Waals surface area contributed by atoms with Crippen LogP contribution >= 0.6 is 0 Å². The maximum atomic E-state index is 12.3. The summed E-state index contributed by atoms with van der Waals surface area (Å²) in [6.07, 6.45) is 1.39. The molecule has 1 fully saturated rings. The Balaban J connectivity index is 1.97. The van der Waals surface area contributed by atoms with Crippen LogP contribution in [-0.2, 0) is 4.79 Å². The Morgan fingerprint density at radius 1 is 1.25 bits per heavy atom. The Morgan fingerprint density at radius 3 is 2.35 bits per heavy atom. The first-order valence-corrected chi connectivity index (χ1v) is 6.66. The standard InChI is InChI=1S/C15H17N3O2/c1-17-14(19)12-6-8-18(9-7-12)15(20)13-4-2-11(10-16)3-5-13/h2-5,12H,6-9H2,1H3,(H,17,19). The Morgan fingerprint density at radius 2 is 1.85 bits per heavy atom. The van der Waals surface area contributed by atoms with Crippen molar-refractivity contribution in [2.45, 2.75) is 12.8 Å². The lowest BCUT2D eigenvalue weighted by Gasteiger charge is -2.31. The van der Waals surface area contributed by atoms with Crippen molar-refractivity contribution in [1.82, 2.24) is 10.2 Å². The molecule has 0 saturated carbocycles. The van der Waals surface area contributed by atoms with Crippen LogP contribution in [-0.4, -0.2) is 36.9 Å². The van der Waals surface area contributed by atoms with Crippen molar-refractivity contribution in [3.05, 3.63) is 35.4 Å². The molecule has 1 heterocycles. The summed E-state index contributed by atoms with van der Waals surface area (Å²) in [7, 11) is 1.64. The molecule has 0 aromatic heterocycles. The van der Waals surface area contributed by atoms with Gasteiger partial charge >= 0.3 is 0 Å². The minimum atomic E-state index is -0.0372. The van der Waals surface area contributed by atoms with Crippen LogP contribution in [0.3, 0.4) is 0 Å². The minimum absolute atomic E-state index is 0.00464. The van der Waals surface area contributed by atoms with Gasteiger partial charge in [0.25, 0.3) is 5.91 Å². The minimum Gasteiger partial charge on any atom is -0.359 e. The third kappa shape index (κ3) is 2.97. The number of nitrogens with one attached hydrogen (secondary N) is 1. The average Bonchev–Trinajstić information content (AvgIpc) is 2.53. The van der Waals surface area contributed by atoms with Crippen molar-refractivity contribution < 1.29 is 9.59 Å². The second kappa shape index (κ2) is 6.20. The second-order valence-corrected chi connectivity index (χ2v) is 4.87. The van der Waals surface area contributed by atoms with Gasteiger partial charge in [0.1, 0.15) is 0 Å². The zero-order valence-electron chi connectivity index (χ0n) is 11.4. The SMILES string of the molecule is CNC(=O)C1CCN(C(=O)c2ccc(C#N)cc2)CC1. The van der Waals surface area contributed by atoms with E-state index in [0.29, 0.717) is 37.1 Å². The Bertz CT molecular complexity index is 537. The molecule has 0 atom stereocenters. The molecule has 0 unspecified atom stereocenters. The number of nitriles is 1. The van der Waals surface area contributed by atoms with Crippen molar-refractivity contribution in [2.24, 2.45) is 5.92 Å². The summed E-state index contributed by atoms with van der Waals surface area (Å²) in [4.78, 5) is 25.6. The number of carbonyl (C=O) groups excluding carboxylic acids is 2. The highest BCUT2D eigenvalue weighted by atomic mass is 16.2. The summed E-state index contributed by atoms with van der Waals surface area (Å²) < 4.78 is 0. The Hall–Kier alpha value is -2.35. The number of piperidine rings is 1. The van der Waals surface area contributed by atoms with E-state index >= 15 is 0 Å². The van der Waals surface area contributed by atoms with E-state index in [-0.39, 0.29) is 17.7 Å². The normalized spacial score (nSPS) is 15.5. The third-order valence-corrected chi connectivity index (χ3v) is 3.66. The Kier molecular flexibility index (Phi) is 4.36. The van der Waals surface area contributed by atoms with Crippen LogP contribution in [0.5, 0.6) is 0 Å². The molecular formula is C15H17N3O2. The maximum Gasteiger partial charge on any atom is 0.253 e. The number of hydrogen-bond acceptors (Lipinski definition) is 3. The number of likely N-dealkylation sites (tertiary alicyclic amines) is 1. The summed E-state index contributed by atoms with van der Waals surface area (Å²) in [6.45, 7) is 1.19. The lowest BCUT2D eigenvalue weighted by molar-refractivity contribution is -0.125. The van der Waals surface area contributed by atoms with Crippen LogP contribution in [0.1, 0.15) is 28.8 Å². The predicted molar refractivity (Wildman–Crippen MR) is 73.9 cm³/mol. The first kappa shape index (κ1) is 14.1. The summed E-state index contributed by atoms with van der Waals surface area (Å²) in [5.74, 6) is 0.0188. The summed E-state index contributed by atoms with van der Waals surface area (Å²) in [5, 5.41) is 11.4. The molecule has 5 nitrogen and oxygen atoms in total. The van der Waals surface area contributed by atoms with Crippen molar-refractivity contribution in [1.29, 1.82) is 5.26 Å². The number of hydrogen-bond donors (Lipinski definition) is 1. The summed E-state index contributed by atoms with van der Waals surface area (Å²) in [6, 6.07) is 8.66. The lowest BCUT2D eigenvalue weighted by Crippen LogP contribution is -2.42. The first-order valence-electron chi connectivity index (χ1n) is 6.66. The predicted octanol–water partition coefficient (Wildman–Crippen LogP) is 1.16. The van der Waals surface area contributed by atoms with Crippen molar-refractivity contribution in [3.8, 4) is 6.07 Å². The van der Waals surface area contributed by atoms with Gasteiger partial charge < -0.3 is 10.2 Å². The number of benzene rings is 1. The van der Waals surface area contributed by atoms with Gasteiger partial charge in [0.05, 0.1) is 11.6 Å². The Labute approximate surface area is 118 Å². The van der Waals surface area contributed by atoms with Gasteiger partial charge in [-0.05, 0) is 37.1 Å². The van der Waals surface area contributed by atoms with E-state index in [1.807, 2.05) is 6.07 Å². The fraction of sp³-hybridized carbons (Fsp3) is 0.400. The molecule has 0 bridgehead atoms. The topological polar surface area (TPSA) is 73.2 Å². The van der Waals surface area contributed by atoms with Crippen LogP contribution in [0, 0.1) is 17.2 Å². The van der Waals surface area contributed by atoms with Gasteiger partial charge in [-0.15, -0.1) is 0 Å². The van der Waals surface area contributed by atoms with Crippen molar-refractivity contribution in [3.63, 3.8) is 0 Å². The largest absolute Gasteiger partial charge is 0.359 e. The van der Waals surface area contributed by atoms with Crippen LogP contribution < -0.4 is 5.32 Å². The number of nitrogens with zero attached hydrogens (tertiary/aromatic N) is 2. The molecule has 1 aromatic rings. The summed E-state index contributed by atoms with van der Waals surface area (Å²) >= 11 is 0. The van der Waals surface area contributed by atoms with E-state index in [2.05, 4.69) is 5.32 Å². The molecule has 0 radical (unpaired) electrons. The highest BCUT2D eigenvalue weighted by Gasteiger charge is 2.27. The van der Waals surface area contributed by atoms with E-state index in [4.69, 9.17) is 5.26 Å². The lowest BCUT2D eigenvalue weighted by atomic mass is 9.95. The number of carbonyl (C=O) groups is 2. The number of amides is 2. The van der Waals surface area contributed by atoms with Crippen LogP contribution in [0.4, 0.5) is 0 Å². The third-order valence-electron chi connectivity index (χ3n) is 3.66.